The molecule has 5 aromatic rings. The van der Waals surface area contributed by atoms with Crippen LogP contribution in [0.15, 0.2) is 88.8 Å². The Labute approximate surface area is 239 Å². The number of hydrogen-bond acceptors (Lipinski definition) is 6. The van der Waals surface area contributed by atoms with Crippen molar-refractivity contribution in [2.75, 3.05) is 5.32 Å². The second kappa shape index (κ2) is 10.8. The van der Waals surface area contributed by atoms with Gasteiger partial charge in [0.2, 0.25) is 9.84 Å². The molecule has 3 heterocycles. The van der Waals surface area contributed by atoms with Crippen molar-refractivity contribution in [1.82, 2.24) is 29.7 Å². The van der Waals surface area contributed by atoms with Gasteiger partial charge in [-0.3, -0.25) is 9.72 Å². The molecule has 0 bridgehead atoms. The maximum atomic E-state index is 13.7. The zero-order valence-electron chi connectivity index (χ0n) is 23.7. The number of aromatic nitrogens is 5. The van der Waals surface area contributed by atoms with Gasteiger partial charge in [-0.05, 0) is 35.9 Å². The number of carbonyl (C=O) groups excluding carboxylic acids is 1. The minimum atomic E-state index is -3.91. The molecule has 10 nitrogen and oxygen atoms in total. The van der Waals surface area contributed by atoms with Gasteiger partial charge in [0.05, 0.1) is 21.2 Å². The lowest BCUT2D eigenvalue weighted by molar-refractivity contribution is 0.251. The molecule has 0 aliphatic rings. The minimum Gasteiger partial charge on any atom is -0.334 e. The molecule has 212 valence electrons. The lowest BCUT2D eigenvalue weighted by Gasteiger charge is -2.14. The summed E-state index contributed by atoms with van der Waals surface area (Å²) >= 11 is 0. The highest BCUT2D eigenvalue weighted by molar-refractivity contribution is 7.91. The molecule has 3 aromatic heterocycles. The van der Waals surface area contributed by atoms with Gasteiger partial charge in [-0.2, -0.15) is 5.10 Å². The van der Waals surface area contributed by atoms with Crippen LogP contribution >= 0.6 is 0 Å². The van der Waals surface area contributed by atoms with Gasteiger partial charge < -0.3 is 5.32 Å². The number of nitrogens with zero attached hydrogens (tertiary/aromatic N) is 5. The summed E-state index contributed by atoms with van der Waals surface area (Å²) < 4.78 is 30.9. The van der Waals surface area contributed by atoms with E-state index in [1.807, 2.05) is 50.2 Å². The lowest BCUT2D eigenvalue weighted by Crippen LogP contribution is -2.29. The van der Waals surface area contributed by atoms with Crippen molar-refractivity contribution in [3.05, 3.63) is 96.1 Å². The van der Waals surface area contributed by atoms with E-state index in [9.17, 15) is 13.2 Å². The highest BCUT2D eigenvalue weighted by Crippen LogP contribution is 2.27. The van der Waals surface area contributed by atoms with Crippen molar-refractivity contribution in [2.24, 2.45) is 0 Å². The monoisotopic (exact) mass is 571 g/mol. The minimum absolute atomic E-state index is 0.00103. The van der Waals surface area contributed by atoms with E-state index in [2.05, 4.69) is 41.6 Å². The van der Waals surface area contributed by atoms with Gasteiger partial charge in [0.15, 0.2) is 5.65 Å². The Morgan fingerprint density at radius 2 is 1.66 bits per heavy atom. The Kier molecular flexibility index (Phi) is 7.39. The lowest BCUT2D eigenvalue weighted by atomic mass is 9.92. The van der Waals surface area contributed by atoms with Gasteiger partial charge in [-0.15, -0.1) is 10.2 Å². The van der Waals surface area contributed by atoms with E-state index in [0.717, 1.165) is 11.4 Å². The van der Waals surface area contributed by atoms with Gasteiger partial charge in [0.25, 0.3) is 0 Å². The number of rotatable bonds is 7. The fourth-order valence-corrected chi connectivity index (χ4v) is 5.91. The Bertz CT molecular complexity index is 1820. The van der Waals surface area contributed by atoms with E-state index in [1.54, 1.807) is 45.6 Å². The van der Waals surface area contributed by atoms with E-state index in [4.69, 9.17) is 5.10 Å². The summed E-state index contributed by atoms with van der Waals surface area (Å²) in [5, 5.41) is 18.7. The van der Waals surface area contributed by atoms with E-state index < -0.39 is 15.9 Å². The van der Waals surface area contributed by atoms with Crippen LogP contribution < -0.4 is 10.6 Å². The van der Waals surface area contributed by atoms with E-state index >= 15 is 0 Å². The predicted octanol–water partition coefficient (Wildman–Crippen LogP) is 5.49. The van der Waals surface area contributed by atoms with Gasteiger partial charge in [-0.1, -0.05) is 71.0 Å². The number of nitrogens with one attached hydrogen (secondary N) is 2. The molecule has 0 atom stereocenters. The van der Waals surface area contributed by atoms with Crippen LogP contribution in [0.3, 0.4) is 0 Å². The summed E-state index contributed by atoms with van der Waals surface area (Å²) in [5.74, 6) is 1.24. The van der Waals surface area contributed by atoms with Crippen molar-refractivity contribution in [3.63, 3.8) is 0 Å². The van der Waals surface area contributed by atoms with Crippen LogP contribution in [0, 0.1) is 0 Å². The first-order chi connectivity index (χ1) is 19.4. The van der Waals surface area contributed by atoms with Crippen molar-refractivity contribution < 1.29 is 13.2 Å². The number of amides is 2. The summed E-state index contributed by atoms with van der Waals surface area (Å²) in [5.41, 5.74) is 2.43. The van der Waals surface area contributed by atoms with Crippen LogP contribution in [-0.2, 0) is 21.8 Å². The predicted molar refractivity (Wildman–Crippen MR) is 157 cm³/mol. The standard InChI is InChI=1S/C30H33N7O3S/c1-20(2)28-34-33-26-16-15-23(19-36(26)28)41(39,40)24-14-10-9-11-21(24)18-31-29(38)32-27-17-25(30(3,4)5)35-37(27)22-12-7-6-8-13-22/h6-17,19-20H,18H2,1-5H3,(H2,31,32,38). The van der Waals surface area contributed by atoms with Crippen LogP contribution in [0.1, 0.15) is 57.6 Å². The molecule has 0 aliphatic carbocycles. The summed E-state index contributed by atoms with van der Waals surface area (Å²) in [6.45, 7) is 10.1. The van der Waals surface area contributed by atoms with Crippen molar-refractivity contribution in [3.8, 4) is 5.69 Å². The van der Waals surface area contributed by atoms with Crippen molar-refractivity contribution in [1.29, 1.82) is 0 Å². The summed E-state index contributed by atoms with van der Waals surface area (Å²) in [7, 11) is -3.91. The number of sulfone groups is 1. The molecule has 0 unspecified atom stereocenters. The molecule has 0 aliphatic heterocycles. The molecule has 11 heteroatoms. The smallest absolute Gasteiger partial charge is 0.320 e. The first kappa shape index (κ1) is 28.0. The molecule has 41 heavy (non-hydrogen) atoms. The van der Waals surface area contributed by atoms with Crippen LogP contribution in [0.4, 0.5) is 10.6 Å². The maximum absolute atomic E-state index is 13.7. The first-order valence-electron chi connectivity index (χ1n) is 13.3. The Morgan fingerprint density at radius 3 is 2.37 bits per heavy atom. The van der Waals surface area contributed by atoms with Crippen LogP contribution in [0.2, 0.25) is 0 Å². The highest BCUT2D eigenvalue weighted by atomic mass is 32.2. The maximum Gasteiger partial charge on any atom is 0.320 e. The zero-order chi connectivity index (χ0) is 29.4. The van der Waals surface area contributed by atoms with Crippen molar-refractivity contribution >= 4 is 27.3 Å². The summed E-state index contributed by atoms with van der Waals surface area (Å²) in [4.78, 5) is 13.3. The average molecular weight is 572 g/mol. The summed E-state index contributed by atoms with van der Waals surface area (Å²) in [6.07, 6.45) is 1.55. The molecule has 2 aromatic carbocycles. The van der Waals surface area contributed by atoms with E-state index in [1.165, 1.54) is 6.07 Å². The number of benzene rings is 2. The number of hydrogen-bond donors (Lipinski definition) is 2. The Morgan fingerprint density at radius 1 is 0.951 bits per heavy atom. The number of fused-ring (bicyclic) bond motifs is 1. The number of anilines is 1. The third-order valence-corrected chi connectivity index (χ3v) is 8.49. The van der Waals surface area contributed by atoms with Crippen LogP contribution in [-0.4, -0.2) is 38.8 Å². The second-order valence-electron chi connectivity index (χ2n) is 11.1. The topological polar surface area (TPSA) is 123 Å². The molecule has 0 fully saturated rings. The highest BCUT2D eigenvalue weighted by Gasteiger charge is 2.24. The fourth-order valence-electron chi connectivity index (χ4n) is 4.42. The number of para-hydroxylation sites is 1. The largest absolute Gasteiger partial charge is 0.334 e. The molecule has 2 amide bonds. The van der Waals surface area contributed by atoms with Gasteiger partial charge in [-0.25, -0.2) is 17.9 Å². The molecule has 0 saturated heterocycles. The number of pyridine rings is 1. The van der Waals surface area contributed by atoms with E-state index in [-0.39, 0.29) is 27.7 Å². The first-order valence-corrected chi connectivity index (χ1v) is 14.8. The molecule has 5 rings (SSSR count). The van der Waals surface area contributed by atoms with E-state index in [0.29, 0.717) is 22.9 Å². The average Bonchev–Trinajstić information content (AvgIpc) is 3.57. The molecule has 0 saturated carbocycles. The zero-order valence-corrected chi connectivity index (χ0v) is 24.5. The second-order valence-corrected chi connectivity index (χ2v) is 13.1. The van der Waals surface area contributed by atoms with Crippen LogP contribution in [0.25, 0.3) is 11.3 Å². The molecular formula is C30H33N7O3S. The molecule has 2 N–H and O–H groups in total. The van der Waals surface area contributed by atoms with Gasteiger partial charge >= 0.3 is 6.03 Å². The third-order valence-electron chi connectivity index (χ3n) is 6.65. The Balaban J connectivity index is 1.39. The fraction of sp³-hybridized carbons (Fsp3) is 0.267. The normalized spacial score (nSPS) is 12.1. The quantitative estimate of drug-likeness (QED) is 0.266. The van der Waals surface area contributed by atoms with Crippen LogP contribution in [0.5, 0.6) is 0 Å². The molecular weight excluding hydrogens is 538 g/mol. The third kappa shape index (κ3) is 5.71. The van der Waals surface area contributed by atoms with Crippen molar-refractivity contribution in [2.45, 2.75) is 62.3 Å². The SMILES string of the molecule is CC(C)c1nnc2ccc(S(=O)(=O)c3ccccc3CNC(=O)Nc3cc(C(C)(C)C)nn3-c3ccccc3)cn12. The van der Waals surface area contributed by atoms with Gasteiger partial charge in [0, 0.05) is 30.1 Å². The summed E-state index contributed by atoms with van der Waals surface area (Å²) in [6, 6.07) is 20.7. The molecule has 0 spiro atoms. The van der Waals surface area contributed by atoms with Gasteiger partial charge in [0.1, 0.15) is 11.6 Å². The Hall–Kier alpha value is -4.51. The number of urea groups is 1. The number of carbonyl (C=O) groups is 1. The molecule has 0 radical (unpaired) electrons.